The van der Waals surface area contributed by atoms with Crippen LogP contribution in [0.2, 0.25) is 0 Å². The van der Waals surface area contributed by atoms with E-state index >= 15 is 0 Å². The smallest absolute Gasteiger partial charge is 0.416 e. The Morgan fingerprint density at radius 1 is 0.978 bits per heavy atom. The number of carbonyl (C=O) groups excluding carboxylic acids is 1. The number of amides is 1. The monoisotopic (exact) mass is 626 g/mol. The number of hydrogen-bond acceptors (Lipinski definition) is 5. The molecule has 0 spiro atoms. The molecule has 6 rings (SSSR count). The average molecular weight is 627 g/mol. The molecule has 2 bridgehead atoms. The Labute approximate surface area is 263 Å². The molecule has 3 saturated carbocycles. The summed E-state index contributed by atoms with van der Waals surface area (Å²) in [5.41, 5.74) is 0.473. The quantitative estimate of drug-likeness (QED) is 0.272. The lowest BCUT2D eigenvalue weighted by Crippen LogP contribution is -2.58. The third-order valence-electron chi connectivity index (χ3n) is 10.3. The molecule has 1 N–H and O–H groups in total. The molecule has 0 radical (unpaired) electrons. The highest BCUT2D eigenvalue weighted by Gasteiger charge is 2.56. The van der Waals surface area contributed by atoms with Crippen molar-refractivity contribution in [3.05, 3.63) is 65.6 Å². The first-order valence-electron chi connectivity index (χ1n) is 15.8. The minimum atomic E-state index is -4.75. The molecule has 3 aliphatic rings. The van der Waals surface area contributed by atoms with Crippen molar-refractivity contribution in [1.82, 2.24) is 14.8 Å². The lowest BCUT2D eigenvalue weighted by molar-refractivity contribution is -0.176. The summed E-state index contributed by atoms with van der Waals surface area (Å²) in [5.74, 6) is 0.192. The zero-order valence-electron chi connectivity index (χ0n) is 27.3. The highest BCUT2D eigenvalue weighted by Crippen LogP contribution is 2.58. The van der Waals surface area contributed by atoms with E-state index in [0.717, 1.165) is 58.1 Å². The second-order valence-corrected chi connectivity index (χ2v) is 14.5. The molecule has 244 valence electrons. The van der Waals surface area contributed by atoms with Crippen molar-refractivity contribution < 1.29 is 27.8 Å². The third-order valence-corrected chi connectivity index (χ3v) is 10.3. The molecule has 3 fully saturated rings. The number of rotatable bonds is 8. The van der Waals surface area contributed by atoms with Gasteiger partial charge in [0.25, 0.3) is 0 Å². The number of halogens is 3. The highest BCUT2D eigenvalue weighted by atomic mass is 19.4. The van der Waals surface area contributed by atoms with E-state index < -0.39 is 23.4 Å². The van der Waals surface area contributed by atoms with E-state index in [1.807, 2.05) is 11.7 Å². The van der Waals surface area contributed by atoms with Crippen molar-refractivity contribution in [3.8, 4) is 11.1 Å². The van der Waals surface area contributed by atoms with Crippen molar-refractivity contribution in [1.29, 1.82) is 0 Å². The largest absolute Gasteiger partial charge is 0.449 e. The number of aliphatic hydroxyl groups is 1. The van der Waals surface area contributed by atoms with Gasteiger partial charge < -0.3 is 9.84 Å². The van der Waals surface area contributed by atoms with Gasteiger partial charge in [-0.25, -0.2) is 14.7 Å². The van der Waals surface area contributed by atoms with E-state index in [4.69, 9.17) is 9.84 Å². The first kappa shape index (κ1) is 33.0. The summed E-state index contributed by atoms with van der Waals surface area (Å²) in [4.78, 5) is 18.5. The van der Waals surface area contributed by atoms with E-state index in [2.05, 4.69) is 24.9 Å². The molecule has 0 aliphatic heterocycles. The lowest BCUT2D eigenvalue weighted by atomic mass is 9.53. The minimum Gasteiger partial charge on any atom is -0.449 e. The summed E-state index contributed by atoms with van der Waals surface area (Å²) >= 11 is 0. The minimum absolute atomic E-state index is 0.0282. The number of alkyl halides is 3. The number of aryl methyl sites for hydroxylation is 1. The molecule has 3 aliphatic carbocycles. The fraction of sp³-hybridized carbons (Fsp3) is 0.571. The van der Waals surface area contributed by atoms with Crippen LogP contribution in [0, 0.1) is 5.41 Å². The Morgan fingerprint density at radius 3 is 2.09 bits per heavy atom. The maximum Gasteiger partial charge on any atom is 0.416 e. The first-order chi connectivity index (χ1) is 20.9. The molecule has 7 nitrogen and oxygen atoms in total. The fourth-order valence-electron chi connectivity index (χ4n) is 6.94. The second kappa shape index (κ2) is 11.4. The van der Waals surface area contributed by atoms with Crippen LogP contribution in [0.5, 0.6) is 0 Å². The van der Waals surface area contributed by atoms with E-state index in [0.29, 0.717) is 27.5 Å². The van der Waals surface area contributed by atoms with Gasteiger partial charge >= 0.3 is 12.3 Å². The zero-order chi connectivity index (χ0) is 33.0. The van der Waals surface area contributed by atoms with Gasteiger partial charge in [0.05, 0.1) is 17.9 Å². The zero-order valence-corrected chi connectivity index (χ0v) is 27.3. The Morgan fingerprint density at radius 2 is 1.58 bits per heavy atom. The molecule has 45 heavy (non-hydrogen) atoms. The summed E-state index contributed by atoms with van der Waals surface area (Å²) in [6, 6.07) is 12.5. The number of pyridine rings is 1. The standard InChI is InChI=1S/C35H45F3N4O3/c1-23(2)27-21-28(41(7)40-27)34-16-13-33(14-17-34,15-18-34)22-45-30(43)42(32(5,6)35(36,37)38)29-20-25(12-19-39-29)24-8-10-26(11-9-24)31(3,4)44/h8-12,19-21,23,44H,13-18,22H2,1-7H3. The number of hydrogen-bond donors (Lipinski definition) is 1. The van der Waals surface area contributed by atoms with Crippen LogP contribution in [0.4, 0.5) is 23.8 Å². The number of benzene rings is 1. The van der Waals surface area contributed by atoms with Gasteiger partial charge in [0.1, 0.15) is 11.4 Å². The van der Waals surface area contributed by atoms with Crippen LogP contribution in [-0.2, 0) is 22.8 Å². The number of fused-ring (bicyclic) bond motifs is 3. The van der Waals surface area contributed by atoms with Gasteiger partial charge in [-0.2, -0.15) is 18.3 Å². The van der Waals surface area contributed by atoms with Crippen LogP contribution in [0.25, 0.3) is 11.1 Å². The van der Waals surface area contributed by atoms with Gasteiger partial charge in [-0.05, 0) is 107 Å². The molecule has 1 amide bonds. The number of aromatic nitrogens is 3. The third kappa shape index (κ3) is 6.22. The van der Waals surface area contributed by atoms with Crippen molar-refractivity contribution in [2.75, 3.05) is 11.5 Å². The predicted molar refractivity (Wildman–Crippen MR) is 168 cm³/mol. The van der Waals surface area contributed by atoms with E-state index in [1.165, 1.54) is 18.0 Å². The molecule has 3 aromatic rings. The van der Waals surface area contributed by atoms with Crippen LogP contribution >= 0.6 is 0 Å². The van der Waals surface area contributed by atoms with Gasteiger partial charge in [0.2, 0.25) is 0 Å². The molecular weight excluding hydrogens is 581 g/mol. The van der Waals surface area contributed by atoms with Crippen LogP contribution in [0.15, 0.2) is 48.7 Å². The lowest BCUT2D eigenvalue weighted by Gasteiger charge is -2.53. The van der Waals surface area contributed by atoms with Crippen LogP contribution < -0.4 is 4.90 Å². The van der Waals surface area contributed by atoms with Crippen LogP contribution in [0.1, 0.15) is 103 Å². The Bertz CT molecular complexity index is 1510. The molecule has 0 saturated heterocycles. The molecule has 0 atom stereocenters. The van der Waals surface area contributed by atoms with Crippen LogP contribution in [-0.4, -0.2) is 44.3 Å². The number of ether oxygens (including phenoxy) is 1. The van der Waals surface area contributed by atoms with Crippen molar-refractivity contribution in [2.24, 2.45) is 12.5 Å². The molecule has 2 heterocycles. The van der Waals surface area contributed by atoms with Crippen molar-refractivity contribution >= 4 is 11.9 Å². The average Bonchev–Trinajstić information content (AvgIpc) is 3.39. The summed E-state index contributed by atoms with van der Waals surface area (Å²) in [6.07, 6.45) is 0.858. The fourth-order valence-corrected chi connectivity index (χ4v) is 6.94. The first-order valence-corrected chi connectivity index (χ1v) is 15.8. The Hall–Kier alpha value is -3.40. The Balaban J connectivity index is 1.36. The topological polar surface area (TPSA) is 80.5 Å². The van der Waals surface area contributed by atoms with Gasteiger partial charge in [-0.15, -0.1) is 0 Å². The second-order valence-electron chi connectivity index (χ2n) is 14.5. The summed E-state index contributed by atoms with van der Waals surface area (Å²) < 4.78 is 51.1. The molecular formula is C35H45F3N4O3. The normalized spacial score (nSPS) is 22.1. The number of nitrogens with zero attached hydrogens (tertiary/aromatic N) is 4. The highest BCUT2D eigenvalue weighted by molar-refractivity contribution is 5.89. The predicted octanol–water partition coefficient (Wildman–Crippen LogP) is 8.41. The number of anilines is 1. The summed E-state index contributed by atoms with van der Waals surface area (Å²) in [6.45, 7) is 9.62. The van der Waals surface area contributed by atoms with Gasteiger partial charge in [-0.3, -0.25) is 4.68 Å². The van der Waals surface area contributed by atoms with Gasteiger partial charge in [0, 0.05) is 29.8 Å². The van der Waals surface area contributed by atoms with E-state index in [-0.39, 0.29) is 23.3 Å². The number of carbonyl (C=O) groups is 1. The summed E-state index contributed by atoms with van der Waals surface area (Å²) in [5, 5.41) is 15.0. The maximum absolute atomic E-state index is 14.4. The van der Waals surface area contributed by atoms with Crippen molar-refractivity contribution in [3.63, 3.8) is 0 Å². The van der Waals surface area contributed by atoms with Gasteiger partial charge in [0.15, 0.2) is 0 Å². The van der Waals surface area contributed by atoms with Crippen LogP contribution in [0.3, 0.4) is 0 Å². The van der Waals surface area contributed by atoms with Gasteiger partial charge in [-0.1, -0.05) is 38.1 Å². The molecule has 1 aromatic carbocycles. The van der Waals surface area contributed by atoms with E-state index in [1.54, 1.807) is 44.2 Å². The molecule has 0 unspecified atom stereocenters. The maximum atomic E-state index is 14.4. The molecule has 2 aromatic heterocycles. The summed E-state index contributed by atoms with van der Waals surface area (Å²) in [7, 11) is 2.00. The van der Waals surface area contributed by atoms with E-state index in [9.17, 15) is 23.1 Å². The SMILES string of the molecule is CC(C)c1cc(C23CCC(COC(=O)N(c4cc(-c5ccc(C(C)(C)O)cc5)ccn4)C(C)(C)C(F)(F)F)(CC2)CC3)n(C)n1. The Kier molecular flexibility index (Phi) is 8.38. The molecule has 10 heteroatoms. The van der Waals surface area contributed by atoms with Crippen molar-refractivity contribution in [2.45, 2.75) is 109 Å².